The Balaban J connectivity index is 0.00000261. The molecule has 1 N–H and O–H groups in total. The minimum Gasteiger partial charge on any atom is -0.381 e. The van der Waals surface area contributed by atoms with Crippen molar-refractivity contribution < 1.29 is 9.47 Å². The monoisotopic (exact) mass is 487 g/mol. The van der Waals surface area contributed by atoms with Crippen LogP contribution in [-0.4, -0.2) is 56.9 Å². The lowest BCUT2D eigenvalue weighted by Gasteiger charge is -2.30. The van der Waals surface area contributed by atoms with E-state index in [1.165, 1.54) is 19.3 Å². The van der Waals surface area contributed by atoms with Crippen LogP contribution in [0.25, 0.3) is 0 Å². The lowest BCUT2D eigenvalue weighted by Crippen LogP contribution is -2.40. The van der Waals surface area contributed by atoms with Gasteiger partial charge in [-0.15, -0.1) is 24.0 Å². The van der Waals surface area contributed by atoms with Gasteiger partial charge in [0.15, 0.2) is 5.96 Å². The molecule has 0 aliphatic carbocycles. The van der Waals surface area contributed by atoms with Crippen LogP contribution in [0.15, 0.2) is 35.3 Å². The second-order valence-electron chi connectivity index (χ2n) is 7.23. The Morgan fingerprint density at radius 1 is 1.11 bits per heavy atom. The number of nitrogens with zero attached hydrogens (tertiary/aromatic N) is 2. The highest BCUT2D eigenvalue weighted by atomic mass is 127. The average Bonchev–Trinajstić information content (AvgIpc) is 2.72. The first-order chi connectivity index (χ1) is 12.9. The van der Waals surface area contributed by atoms with Gasteiger partial charge in [0, 0.05) is 51.7 Å². The van der Waals surface area contributed by atoms with E-state index in [-0.39, 0.29) is 24.0 Å². The number of nitrogens with one attached hydrogen (secondary N) is 1. The standard InChI is InChI=1S/C21H33N3O2.HI/c1-3-8-20(9-4-1)23-21(24-13-5-2-6-14-24)22-12-7-15-26-18-19-10-16-25-17-11-19;/h1,3-4,8-9,19H,2,5-7,10-18H2,(H,22,23);1H. The van der Waals surface area contributed by atoms with Gasteiger partial charge in [-0.05, 0) is 56.6 Å². The molecule has 1 aromatic carbocycles. The largest absolute Gasteiger partial charge is 0.381 e. The van der Waals surface area contributed by atoms with E-state index >= 15 is 0 Å². The van der Waals surface area contributed by atoms with Crippen LogP contribution in [0.4, 0.5) is 5.69 Å². The number of ether oxygens (including phenoxy) is 2. The molecular formula is C21H34IN3O2. The summed E-state index contributed by atoms with van der Waals surface area (Å²) in [6.45, 7) is 6.44. The molecule has 0 bridgehead atoms. The molecule has 2 aliphatic rings. The highest BCUT2D eigenvalue weighted by molar-refractivity contribution is 14.0. The van der Waals surface area contributed by atoms with Crippen LogP contribution >= 0.6 is 24.0 Å². The Morgan fingerprint density at radius 2 is 1.85 bits per heavy atom. The second kappa shape index (κ2) is 13.3. The van der Waals surface area contributed by atoms with Crippen LogP contribution in [0, 0.1) is 5.92 Å². The minimum absolute atomic E-state index is 0. The Morgan fingerprint density at radius 3 is 2.59 bits per heavy atom. The van der Waals surface area contributed by atoms with Crippen LogP contribution in [-0.2, 0) is 9.47 Å². The quantitative estimate of drug-likeness (QED) is 0.268. The van der Waals surface area contributed by atoms with E-state index in [0.29, 0.717) is 5.92 Å². The summed E-state index contributed by atoms with van der Waals surface area (Å²) in [7, 11) is 0. The van der Waals surface area contributed by atoms with Crippen molar-refractivity contribution in [3.8, 4) is 0 Å². The summed E-state index contributed by atoms with van der Waals surface area (Å²) >= 11 is 0. The van der Waals surface area contributed by atoms with Crippen molar-refractivity contribution in [2.24, 2.45) is 10.9 Å². The van der Waals surface area contributed by atoms with Crippen LogP contribution in [0.3, 0.4) is 0 Å². The highest BCUT2D eigenvalue weighted by Crippen LogP contribution is 2.15. The van der Waals surface area contributed by atoms with Crippen LogP contribution < -0.4 is 5.32 Å². The number of hydrogen-bond donors (Lipinski definition) is 1. The molecule has 5 nitrogen and oxygen atoms in total. The van der Waals surface area contributed by atoms with Crippen molar-refractivity contribution in [1.82, 2.24) is 4.90 Å². The van der Waals surface area contributed by atoms with Gasteiger partial charge in [-0.3, -0.25) is 4.99 Å². The highest BCUT2D eigenvalue weighted by Gasteiger charge is 2.15. The summed E-state index contributed by atoms with van der Waals surface area (Å²) in [6, 6.07) is 10.3. The van der Waals surface area contributed by atoms with Gasteiger partial charge in [0.05, 0.1) is 0 Å². The first-order valence-corrected chi connectivity index (χ1v) is 10.2. The van der Waals surface area contributed by atoms with Crippen molar-refractivity contribution in [3.05, 3.63) is 30.3 Å². The molecule has 0 spiro atoms. The maximum absolute atomic E-state index is 5.86. The molecule has 2 aliphatic heterocycles. The smallest absolute Gasteiger partial charge is 0.198 e. The van der Waals surface area contributed by atoms with Gasteiger partial charge in [0.1, 0.15) is 0 Å². The average molecular weight is 487 g/mol. The third-order valence-electron chi connectivity index (χ3n) is 5.09. The molecule has 2 saturated heterocycles. The fraction of sp³-hybridized carbons (Fsp3) is 0.667. The number of guanidine groups is 1. The number of anilines is 1. The molecule has 27 heavy (non-hydrogen) atoms. The fourth-order valence-corrected chi connectivity index (χ4v) is 3.49. The van der Waals surface area contributed by atoms with Crippen molar-refractivity contribution in [1.29, 1.82) is 0 Å². The molecule has 0 unspecified atom stereocenters. The van der Waals surface area contributed by atoms with Gasteiger partial charge in [-0.25, -0.2) is 0 Å². The third kappa shape index (κ3) is 8.35. The summed E-state index contributed by atoms with van der Waals surface area (Å²) in [6.07, 6.45) is 7.08. The molecule has 2 heterocycles. The van der Waals surface area contributed by atoms with E-state index in [9.17, 15) is 0 Å². The van der Waals surface area contributed by atoms with Gasteiger partial charge in [-0.2, -0.15) is 0 Å². The zero-order valence-electron chi connectivity index (χ0n) is 16.3. The van der Waals surface area contributed by atoms with E-state index in [1.807, 2.05) is 6.07 Å². The Kier molecular flexibility index (Phi) is 11.1. The van der Waals surface area contributed by atoms with Gasteiger partial charge >= 0.3 is 0 Å². The molecule has 152 valence electrons. The summed E-state index contributed by atoms with van der Waals surface area (Å²) in [4.78, 5) is 7.25. The lowest BCUT2D eigenvalue weighted by molar-refractivity contribution is 0.0205. The Labute approximate surface area is 180 Å². The number of rotatable bonds is 7. The van der Waals surface area contributed by atoms with Gasteiger partial charge in [0.25, 0.3) is 0 Å². The van der Waals surface area contributed by atoms with E-state index in [0.717, 1.165) is 77.0 Å². The zero-order chi connectivity index (χ0) is 17.9. The lowest BCUT2D eigenvalue weighted by atomic mass is 10.0. The number of halogens is 1. The third-order valence-corrected chi connectivity index (χ3v) is 5.09. The van der Waals surface area contributed by atoms with Crippen LogP contribution in [0.2, 0.25) is 0 Å². The molecule has 0 atom stereocenters. The predicted octanol–water partition coefficient (Wildman–Crippen LogP) is 4.39. The maximum Gasteiger partial charge on any atom is 0.198 e. The van der Waals surface area contributed by atoms with Gasteiger partial charge < -0.3 is 19.7 Å². The number of aliphatic imine (C=N–C) groups is 1. The molecule has 6 heteroatoms. The number of benzene rings is 1. The van der Waals surface area contributed by atoms with E-state index in [4.69, 9.17) is 14.5 Å². The van der Waals surface area contributed by atoms with Crippen molar-refractivity contribution in [2.45, 2.75) is 38.5 Å². The molecule has 0 amide bonds. The molecule has 3 rings (SSSR count). The normalized spacial score (nSPS) is 18.8. The van der Waals surface area contributed by atoms with Gasteiger partial charge in [0.2, 0.25) is 0 Å². The topological polar surface area (TPSA) is 46.1 Å². The van der Waals surface area contributed by atoms with Crippen LogP contribution in [0.5, 0.6) is 0 Å². The second-order valence-corrected chi connectivity index (χ2v) is 7.23. The summed E-state index contributed by atoms with van der Waals surface area (Å²) in [5.74, 6) is 1.69. The Hall–Kier alpha value is -0.860. The van der Waals surface area contributed by atoms with Crippen molar-refractivity contribution >= 4 is 35.6 Å². The minimum atomic E-state index is 0. The summed E-state index contributed by atoms with van der Waals surface area (Å²) in [5.41, 5.74) is 1.10. The molecule has 0 aromatic heterocycles. The molecule has 1 aromatic rings. The summed E-state index contributed by atoms with van der Waals surface area (Å²) in [5, 5.41) is 3.51. The van der Waals surface area contributed by atoms with Crippen LogP contribution in [0.1, 0.15) is 38.5 Å². The molecular weight excluding hydrogens is 453 g/mol. The number of piperidine rings is 1. The van der Waals surface area contributed by atoms with Crippen molar-refractivity contribution in [2.75, 3.05) is 51.4 Å². The predicted molar refractivity (Wildman–Crippen MR) is 122 cm³/mol. The van der Waals surface area contributed by atoms with E-state index in [1.54, 1.807) is 0 Å². The summed E-state index contributed by atoms with van der Waals surface area (Å²) < 4.78 is 11.3. The van der Waals surface area contributed by atoms with Gasteiger partial charge in [-0.1, -0.05) is 18.2 Å². The van der Waals surface area contributed by atoms with Crippen molar-refractivity contribution in [3.63, 3.8) is 0 Å². The molecule has 2 fully saturated rings. The number of para-hydroxylation sites is 1. The Bertz CT molecular complexity index is 529. The SMILES string of the molecule is I.c1ccc(NC(=NCCCOCC2CCOCC2)N2CCCCC2)cc1. The number of hydrogen-bond acceptors (Lipinski definition) is 3. The van der Waals surface area contributed by atoms with E-state index in [2.05, 4.69) is 34.5 Å². The first kappa shape index (κ1) is 22.4. The van der Waals surface area contributed by atoms with E-state index < -0.39 is 0 Å². The zero-order valence-corrected chi connectivity index (χ0v) is 18.6. The fourth-order valence-electron chi connectivity index (χ4n) is 3.49. The molecule has 0 radical (unpaired) electrons. The molecule has 0 saturated carbocycles. The number of likely N-dealkylation sites (tertiary alicyclic amines) is 1. The first-order valence-electron chi connectivity index (χ1n) is 10.2. The maximum atomic E-state index is 5.86.